The molecule has 1 aromatic heterocycles. The summed E-state index contributed by atoms with van der Waals surface area (Å²) in [5.41, 5.74) is 9.66. The summed E-state index contributed by atoms with van der Waals surface area (Å²) in [6.07, 6.45) is 1.30. The minimum Gasteiger partial charge on any atom is -0.397 e. The second-order valence-corrected chi connectivity index (χ2v) is 6.38. The summed E-state index contributed by atoms with van der Waals surface area (Å²) in [7, 11) is 0. The third kappa shape index (κ3) is 2.63. The molecular weight excluding hydrogens is 270 g/mol. The molecule has 0 saturated carbocycles. The number of nitrogens with one attached hydrogen (secondary N) is 2. The van der Waals surface area contributed by atoms with Gasteiger partial charge in [0.1, 0.15) is 0 Å². The molecule has 2 heterocycles. The number of hydrogen-bond acceptors (Lipinski definition) is 4. The highest BCUT2D eigenvalue weighted by Gasteiger charge is 2.16. The normalized spacial score (nSPS) is 13.8. The first-order valence-corrected chi connectivity index (χ1v) is 7.45. The third-order valence-corrected chi connectivity index (χ3v) is 4.42. The molecule has 104 valence electrons. The zero-order chi connectivity index (χ0) is 14.1. The molecule has 5 heteroatoms. The van der Waals surface area contributed by atoms with Gasteiger partial charge in [-0.1, -0.05) is 0 Å². The molecule has 3 rings (SSSR count). The van der Waals surface area contributed by atoms with Crippen LogP contribution < -0.4 is 16.4 Å². The first-order chi connectivity index (χ1) is 9.61. The van der Waals surface area contributed by atoms with Crippen molar-refractivity contribution in [2.75, 3.05) is 16.4 Å². The Morgan fingerprint density at radius 1 is 1.35 bits per heavy atom. The lowest BCUT2D eigenvalue weighted by molar-refractivity contribution is -0.116. The summed E-state index contributed by atoms with van der Waals surface area (Å²) in [5, 5.41) is 6.24. The lowest BCUT2D eigenvalue weighted by Gasteiger charge is -2.19. The van der Waals surface area contributed by atoms with Gasteiger partial charge in [0.05, 0.1) is 11.4 Å². The minimum absolute atomic E-state index is 0.0714. The first-order valence-electron chi connectivity index (χ1n) is 6.63. The number of fused-ring (bicyclic) bond motifs is 1. The number of aryl methyl sites for hydroxylation is 2. The Hall–Kier alpha value is -2.01. The fourth-order valence-electron chi connectivity index (χ4n) is 2.36. The predicted molar refractivity (Wildman–Crippen MR) is 84.2 cm³/mol. The quantitative estimate of drug-likeness (QED) is 0.760. The van der Waals surface area contributed by atoms with Crippen molar-refractivity contribution in [1.29, 1.82) is 0 Å². The van der Waals surface area contributed by atoms with Gasteiger partial charge in [-0.3, -0.25) is 4.79 Å². The van der Waals surface area contributed by atoms with Gasteiger partial charge >= 0.3 is 0 Å². The van der Waals surface area contributed by atoms with Crippen molar-refractivity contribution < 1.29 is 4.79 Å². The van der Waals surface area contributed by atoms with E-state index in [1.54, 1.807) is 11.3 Å². The molecule has 20 heavy (non-hydrogen) atoms. The molecule has 0 bridgehead atoms. The number of carbonyl (C=O) groups is 1. The Kier molecular flexibility index (Phi) is 3.36. The molecular formula is C15H17N3OS. The van der Waals surface area contributed by atoms with E-state index in [0.717, 1.165) is 35.6 Å². The summed E-state index contributed by atoms with van der Waals surface area (Å²) in [5.74, 6) is 0.0714. The number of benzene rings is 1. The van der Waals surface area contributed by atoms with E-state index in [-0.39, 0.29) is 5.91 Å². The molecule has 0 spiro atoms. The largest absolute Gasteiger partial charge is 0.397 e. The number of carbonyl (C=O) groups excluding carboxylic acids is 1. The number of nitrogens with two attached hydrogens (primary N) is 1. The molecule has 0 unspecified atom stereocenters. The maximum Gasteiger partial charge on any atom is 0.224 e. The standard InChI is InChI=1S/C15H17N3OS/c1-9-2-4-11(20-9)8-17-14-7-13-10(6-12(14)16)3-5-15(19)18-13/h2,4,6-7,17H,3,5,8,16H2,1H3,(H,18,19). The van der Waals surface area contributed by atoms with E-state index >= 15 is 0 Å². The van der Waals surface area contributed by atoms with E-state index in [1.165, 1.54) is 9.75 Å². The number of amides is 1. The fraction of sp³-hybridized carbons (Fsp3) is 0.267. The minimum atomic E-state index is 0.0714. The molecule has 0 radical (unpaired) electrons. The Morgan fingerprint density at radius 2 is 2.20 bits per heavy atom. The molecule has 4 nitrogen and oxygen atoms in total. The highest BCUT2D eigenvalue weighted by atomic mass is 32.1. The van der Waals surface area contributed by atoms with Gasteiger partial charge in [0.15, 0.2) is 0 Å². The number of hydrogen-bond donors (Lipinski definition) is 3. The van der Waals surface area contributed by atoms with Gasteiger partial charge in [0, 0.05) is 28.4 Å². The molecule has 0 fully saturated rings. The van der Waals surface area contributed by atoms with Crippen molar-refractivity contribution in [1.82, 2.24) is 0 Å². The summed E-state index contributed by atoms with van der Waals surface area (Å²) < 4.78 is 0. The van der Waals surface area contributed by atoms with Gasteiger partial charge < -0.3 is 16.4 Å². The molecule has 0 aliphatic carbocycles. The number of thiophene rings is 1. The van der Waals surface area contributed by atoms with Crippen LogP contribution in [0.2, 0.25) is 0 Å². The van der Waals surface area contributed by atoms with Crippen LogP contribution in [0.4, 0.5) is 17.1 Å². The van der Waals surface area contributed by atoms with Crippen LogP contribution in [0.3, 0.4) is 0 Å². The van der Waals surface area contributed by atoms with Crippen LogP contribution in [0.1, 0.15) is 21.7 Å². The monoisotopic (exact) mass is 287 g/mol. The average molecular weight is 287 g/mol. The number of anilines is 3. The van der Waals surface area contributed by atoms with E-state index in [4.69, 9.17) is 5.73 Å². The van der Waals surface area contributed by atoms with Crippen LogP contribution in [0, 0.1) is 6.92 Å². The van der Waals surface area contributed by atoms with Crippen molar-refractivity contribution in [3.05, 3.63) is 39.6 Å². The van der Waals surface area contributed by atoms with Crippen LogP contribution >= 0.6 is 11.3 Å². The smallest absolute Gasteiger partial charge is 0.224 e. The molecule has 0 saturated heterocycles. The van der Waals surface area contributed by atoms with E-state index in [2.05, 4.69) is 29.7 Å². The van der Waals surface area contributed by atoms with Gasteiger partial charge in [-0.2, -0.15) is 0 Å². The van der Waals surface area contributed by atoms with Gasteiger partial charge in [0.2, 0.25) is 5.91 Å². The highest BCUT2D eigenvalue weighted by Crippen LogP contribution is 2.31. The van der Waals surface area contributed by atoms with E-state index in [9.17, 15) is 4.79 Å². The molecule has 1 aliphatic rings. The Balaban J connectivity index is 1.79. The SMILES string of the molecule is Cc1ccc(CNc2cc3c(cc2N)CCC(=O)N3)s1. The molecule has 0 atom stereocenters. The Labute approximate surface area is 122 Å². The van der Waals surface area contributed by atoms with Gasteiger partial charge in [-0.25, -0.2) is 0 Å². The second-order valence-electron chi connectivity index (χ2n) is 5.01. The zero-order valence-electron chi connectivity index (χ0n) is 11.3. The van der Waals surface area contributed by atoms with Crippen LogP contribution in [-0.2, 0) is 17.8 Å². The van der Waals surface area contributed by atoms with Crippen molar-refractivity contribution in [3.63, 3.8) is 0 Å². The van der Waals surface area contributed by atoms with Gasteiger partial charge in [-0.15, -0.1) is 11.3 Å². The molecule has 1 aliphatic heterocycles. The van der Waals surface area contributed by atoms with Crippen LogP contribution in [0.15, 0.2) is 24.3 Å². The Bertz CT molecular complexity index is 663. The fourth-order valence-corrected chi connectivity index (χ4v) is 3.19. The van der Waals surface area contributed by atoms with Crippen molar-refractivity contribution in [3.8, 4) is 0 Å². The summed E-state index contributed by atoms with van der Waals surface area (Å²) in [6.45, 7) is 2.84. The van der Waals surface area contributed by atoms with Gasteiger partial charge in [0.25, 0.3) is 0 Å². The topological polar surface area (TPSA) is 67.1 Å². The molecule has 1 aromatic carbocycles. The molecule has 1 amide bonds. The summed E-state index contributed by atoms with van der Waals surface area (Å²) >= 11 is 1.77. The van der Waals surface area contributed by atoms with E-state index in [0.29, 0.717) is 6.42 Å². The third-order valence-electron chi connectivity index (χ3n) is 3.42. The maximum absolute atomic E-state index is 11.4. The lowest BCUT2D eigenvalue weighted by Crippen LogP contribution is -2.19. The second kappa shape index (κ2) is 5.17. The average Bonchev–Trinajstić information content (AvgIpc) is 2.83. The van der Waals surface area contributed by atoms with Crippen molar-refractivity contribution in [2.45, 2.75) is 26.3 Å². The van der Waals surface area contributed by atoms with E-state index in [1.807, 2.05) is 12.1 Å². The lowest BCUT2D eigenvalue weighted by atomic mass is 10.0. The van der Waals surface area contributed by atoms with Crippen molar-refractivity contribution >= 4 is 34.3 Å². The number of nitrogen functional groups attached to an aromatic ring is 1. The first kappa shape index (κ1) is 13.0. The predicted octanol–water partition coefficient (Wildman–Crippen LogP) is 3.14. The molecule has 2 aromatic rings. The summed E-state index contributed by atoms with van der Waals surface area (Å²) in [6, 6.07) is 8.11. The molecule has 4 N–H and O–H groups in total. The zero-order valence-corrected chi connectivity index (χ0v) is 12.1. The van der Waals surface area contributed by atoms with Crippen LogP contribution in [-0.4, -0.2) is 5.91 Å². The van der Waals surface area contributed by atoms with Crippen LogP contribution in [0.5, 0.6) is 0 Å². The van der Waals surface area contributed by atoms with Gasteiger partial charge in [-0.05, 0) is 43.2 Å². The van der Waals surface area contributed by atoms with Crippen molar-refractivity contribution in [2.24, 2.45) is 0 Å². The maximum atomic E-state index is 11.4. The highest BCUT2D eigenvalue weighted by molar-refractivity contribution is 7.11. The number of rotatable bonds is 3. The Morgan fingerprint density at radius 3 is 2.95 bits per heavy atom. The van der Waals surface area contributed by atoms with E-state index < -0.39 is 0 Å². The van der Waals surface area contributed by atoms with Crippen LogP contribution in [0.25, 0.3) is 0 Å². The summed E-state index contributed by atoms with van der Waals surface area (Å²) in [4.78, 5) is 14.0.